The molecule has 0 unspecified atom stereocenters. The lowest BCUT2D eigenvalue weighted by atomic mass is 9.95. The first-order valence-corrected chi connectivity index (χ1v) is 13.2. The summed E-state index contributed by atoms with van der Waals surface area (Å²) in [6, 6.07) is 18.2. The van der Waals surface area contributed by atoms with Crippen molar-refractivity contribution < 1.29 is 14.1 Å². The maximum atomic E-state index is 13.2. The molecule has 1 aliphatic rings. The molecule has 0 atom stereocenters. The highest BCUT2D eigenvalue weighted by Gasteiger charge is 2.25. The molecule has 1 aliphatic carbocycles. The summed E-state index contributed by atoms with van der Waals surface area (Å²) in [6.45, 7) is 0.298. The Labute approximate surface area is 216 Å². The minimum Gasteiger partial charge on any atom is -0.467 e. The summed E-state index contributed by atoms with van der Waals surface area (Å²) >= 11 is 2.88. The fraction of sp³-hybridized carbons (Fsp3) is 0.185. The third kappa shape index (κ3) is 5.42. The highest BCUT2D eigenvalue weighted by molar-refractivity contribution is 7.99. The van der Waals surface area contributed by atoms with Crippen molar-refractivity contribution >= 4 is 45.9 Å². The van der Waals surface area contributed by atoms with Crippen molar-refractivity contribution in [3.05, 3.63) is 104 Å². The molecule has 0 saturated heterocycles. The molecule has 0 fully saturated rings. The molecular formula is C27H23N3O4S2. The molecule has 2 aromatic heterocycles. The number of nitro benzene ring substituents is 1. The molecule has 0 aliphatic heterocycles. The molecule has 5 rings (SSSR count). The van der Waals surface area contributed by atoms with E-state index < -0.39 is 0 Å². The van der Waals surface area contributed by atoms with E-state index in [1.165, 1.54) is 34.0 Å². The van der Waals surface area contributed by atoms with Gasteiger partial charge >= 0.3 is 0 Å². The normalized spacial score (nSPS) is 13.0. The van der Waals surface area contributed by atoms with Crippen molar-refractivity contribution in [1.82, 2.24) is 5.32 Å². The Morgan fingerprint density at radius 2 is 1.97 bits per heavy atom. The molecule has 0 saturated carbocycles. The summed E-state index contributed by atoms with van der Waals surface area (Å²) in [7, 11) is 0. The van der Waals surface area contributed by atoms with Crippen molar-refractivity contribution in [3.8, 4) is 0 Å². The molecule has 1 amide bonds. The number of fused-ring (bicyclic) bond motifs is 1. The molecule has 7 nitrogen and oxygen atoms in total. The number of hydrogen-bond acceptors (Lipinski definition) is 7. The number of benzene rings is 2. The van der Waals surface area contributed by atoms with Crippen LogP contribution in [0.15, 0.2) is 86.1 Å². The Morgan fingerprint density at radius 1 is 1.14 bits per heavy atom. The summed E-state index contributed by atoms with van der Waals surface area (Å²) in [5.74, 6) is 0.497. The minimum atomic E-state index is -0.375. The van der Waals surface area contributed by atoms with E-state index in [2.05, 4.69) is 10.3 Å². The number of carbonyl (C=O) groups excluding carboxylic acids is 1. The number of hydrogen-bond donors (Lipinski definition) is 1. The van der Waals surface area contributed by atoms with E-state index in [1.54, 1.807) is 24.6 Å². The quantitative estimate of drug-likeness (QED) is 0.155. The monoisotopic (exact) mass is 517 g/mol. The van der Waals surface area contributed by atoms with Gasteiger partial charge in [0.1, 0.15) is 10.8 Å². The van der Waals surface area contributed by atoms with Crippen LogP contribution in [0.3, 0.4) is 0 Å². The van der Waals surface area contributed by atoms with E-state index in [1.807, 2.05) is 42.5 Å². The van der Waals surface area contributed by atoms with E-state index in [0.29, 0.717) is 33.3 Å². The van der Waals surface area contributed by atoms with Crippen LogP contribution in [0.5, 0.6) is 0 Å². The number of nitrogens with zero attached hydrogens (tertiary/aromatic N) is 2. The summed E-state index contributed by atoms with van der Waals surface area (Å²) in [5.41, 5.74) is 2.29. The average molecular weight is 518 g/mol. The Hall–Kier alpha value is -3.69. The van der Waals surface area contributed by atoms with Gasteiger partial charge in [-0.2, -0.15) is 0 Å². The molecule has 9 heteroatoms. The van der Waals surface area contributed by atoms with Gasteiger partial charge in [0.25, 0.3) is 11.6 Å². The third-order valence-electron chi connectivity index (χ3n) is 5.86. The molecule has 0 spiro atoms. The van der Waals surface area contributed by atoms with Crippen LogP contribution >= 0.6 is 23.1 Å². The number of aliphatic imine (C=N–C) groups is 1. The van der Waals surface area contributed by atoms with Gasteiger partial charge in [-0.05, 0) is 67.1 Å². The zero-order valence-electron chi connectivity index (χ0n) is 19.3. The predicted molar refractivity (Wildman–Crippen MR) is 142 cm³/mol. The maximum absolute atomic E-state index is 13.2. The lowest BCUT2D eigenvalue weighted by molar-refractivity contribution is -0.387. The second kappa shape index (κ2) is 10.9. The van der Waals surface area contributed by atoms with Gasteiger partial charge in [0.15, 0.2) is 0 Å². The number of nitrogens with one attached hydrogen (secondary N) is 1. The SMILES string of the molecule is O=C(NCc1ccco1)c1c(N=Cc2ccc(Sc3ccccc3)c([N+](=O)[O-])c2)sc2c1CCCC2. The van der Waals surface area contributed by atoms with Gasteiger partial charge < -0.3 is 9.73 Å². The minimum absolute atomic E-state index is 0.0229. The van der Waals surface area contributed by atoms with Crippen LogP contribution in [0, 0.1) is 10.1 Å². The Balaban J connectivity index is 1.41. The van der Waals surface area contributed by atoms with Gasteiger partial charge in [-0.1, -0.05) is 36.0 Å². The van der Waals surface area contributed by atoms with Crippen molar-refractivity contribution in [3.63, 3.8) is 0 Å². The van der Waals surface area contributed by atoms with E-state index in [0.717, 1.165) is 36.1 Å². The summed E-state index contributed by atoms with van der Waals surface area (Å²) in [5, 5.41) is 15.3. The van der Waals surface area contributed by atoms with Gasteiger partial charge in [-0.25, -0.2) is 4.99 Å². The van der Waals surface area contributed by atoms with Crippen LogP contribution in [0.25, 0.3) is 0 Å². The van der Waals surface area contributed by atoms with E-state index in [9.17, 15) is 14.9 Å². The van der Waals surface area contributed by atoms with E-state index in [-0.39, 0.29) is 16.5 Å². The Morgan fingerprint density at radius 3 is 2.75 bits per heavy atom. The first-order chi connectivity index (χ1) is 17.6. The van der Waals surface area contributed by atoms with Gasteiger partial charge in [-0.3, -0.25) is 14.9 Å². The molecule has 2 aromatic carbocycles. The highest BCUT2D eigenvalue weighted by atomic mass is 32.2. The molecule has 0 radical (unpaired) electrons. The molecule has 0 bridgehead atoms. The van der Waals surface area contributed by atoms with Crippen molar-refractivity contribution in [1.29, 1.82) is 0 Å². The second-order valence-electron chi connectivity index (χ2n) is 8.31. The Bertz CT molecular complexity index is 1410. The Kier molecular flexibility index (Phi) is 7.29. The molecule has 2 heterocycles. The predicted octanol–water partition coefficient (Wildman–Crippen LogP) is 6.96. The van der Waals surface area contributed by atoms with Crippen LogP contribution in [0.2, 0.25) is 0 Å². The van der Waals surface area contributed by atoms with Crippen LogP contribution in [-0.4, -0.2) is 17.0 Å². The summed E-state index contributed by atoms with van der Waals surface area (Å²) in [4.78, 5) is 31.9. The lowest BCUT2D eigenvalue weighted by Crippen LogP contribution is -2.23. The number of rotatable bonds is 8. The fourth-order valence-corrected chi connectivity index (χ4v) is 6.29. The largest absolute Gasteiger partial charge is 0.467 e. The molecule has 182 valence electrons. The number of amides is 1. The topological polar surface area (TPSA) is 97.7 Å². The number of aryl methyl sites for hydroxylation is 1. The first kappa shape index (κ1) is 24.0. The van der Waals surface area contributed by atoms with E-state index in [4.69, 9.17) is 4.42 Å². The molecule has 1 N–H and O–H groups in total. The maximum Gasteiger partial charge on any atom is 0.283 e. The zero-order chi connectivity index (χ0) is 24.9. The van der Waals surface area contributed by atoms with Crippen molar-refractivity contribution in [2.75, 3.05) is 0 Å². The van der Waals surface area contributed by atoms with E-state index >= 15 is 0 Å². The van der Waals surface area contributed by atoms with Crippen LogP contribution in [-0.2, 0) is 19.4 Å². The third-order valence-corrected chi connectivity index (χ3v) is 8.14. The highest BCUT2D eigenvalue weighted by Crippen LogP contribution is 2.40. The van der Waals surface area contributed by atoms with Gasteiger partial charge in [0.2, 0.25) is 0 Å². The van der Waals surface area contributed by atoms with Crippen LogP contribution in [0.4, 0.5) is 10.7 Å². The second-order valence-corrected chi connectivity index (χ2v) is 10.5. The number of thiophene rings is 1. The van der Waals surface area contributed by atoms with Gasteiger partial charge in [0, 0.05) is 22.1 Å². The number of furan rings is 1. The van der Waals surface area contributed by atoms with Gasteiger partial charge in [-0.15, -0.1) is 11.3 Å². The standard InChI is InChI=1S/C27H23N3O4S2/c31-26(28-17-19-7-6-14-34-19)25-21-10-4-5-11-23(21)36-27(25)29-16-18-12-13-24(22(15-18)30(32)33)35-20-8-2-1-3-9-20/h1-3,6-9,12-16H,4-5,10-11,17H2,(H,28,31). The van der Waals surface area contributed by atoms with Crippen molar-refractivity contribution in [2.45, 2.75) is 42.0 Å². The first-order valence-electron chi connectivity index (χ1n) is 11.6. The number of nitro groups is 1. The molecule has 4 aromatic rings. The summed E-state index contributed by atoms with van der Waals surface area (Å²) in [6.07, 6.45) is 7.10. The van der Waals surface area contributed by atoms with Gasteiger partial charge in [0.05, 0.1) is 28.2 Å². The lowest BCUT2D eigenvalue weighted by Gasteiger charge is -2.12. The molecular weight excluding hydrogens is 494 g/mol. The van der Waals surface area contributed by atoms with Crippen LogP contribution < -0.4 is 5.32 Å². The smallest absolute Gasteiger partial charge is 0.283 e. The van der Waals surface area contributed by atoms with Crippen molar-refractivity contribution in [2.24, 2.45) is 4.99 Å². The average Bonchev–Trinajstić information content (AvgIpc) is 3.55. The zero-order valence-corrected chi connectivity index (χ0v) is 20.9. The fourth-order valence-electron chi connectivity index (χ4n) is 4.14. The van der Waals surface area contributed by atoms with Crippen LogP contribution in [0.1, 0.15) is 45.0 Å². The number of carbonyl (C=O) groups is 1. The molecule has 36 heavy (non-hydrogen) atoms. The summed E-state index contributed by atoms with van der Waals surface area (Å²) < 4.78 is 5.33.